The molecule has 0 saturated carbocycles. The molecule has 2 aromatic rings. The third-order valence-corrected chi connectivity index (χ3v) is 3.93. The zero-order chi connectivity index (χ0) is 17.2. The Bertz CT molecular complexity index is 609. The maximum Gasteiger partial charge on any atom is 0.315 e. The number of carbonyl (C=O) groups is 1. The molecular formula is C19H26N4O. The molecule has 2 N–H and O–H groups in total. The van der Waals surface area contributed by atoms with Crippen LogP contribution in [0.1, 0.15) is 30.7 Å². The number of urea groups is 1. The quantitative estimate of drug-likeness (QED) is 0.784. The van der Waals surface area contributed by atoms with Gasteiger partial charge in [-0.3, -0.25) is 9.88 Å². The molecule has 2 amide bonds. The van der Waals surface area contributed by atoms with Crippen LogP contribution in [-0.4, -0.2) is 29.0 Å². The van der Waals surface area contributed by atoms with E-state index in [1.165, 1.54) is 5.56 Å². The lowest BCUT2D eigenvalue weighted by Gasteiger charge is -2.18. The Kier molecular flexibility index (Phi) is 7.23. The zero-order valence-electron chi connectivity index (χ0n) is 14.5. The maximum atomic E-state index is 11.8. The first kappa shape index (κ1) is 17.9. The first-order valence-corrected chi connectivity index (χ1v) is 8.43. The van der Waals surface area contributed by atoms with Crippen LogP contribution in [0.3, 0.4) is 0 Å². The number of carbonyl (C=O) groups excluding carboxylic acids is 1. The van der Waals surface area contributed by atoms with Gasteiger partial charge in [0, 0.05) is 19.3 Å². The summed E-state index contributed by atoms with van der Waals surface area (Å²) in [7, 11) is 0. The third kappa shape index (κ3) is 6.01. The van der Waals surface area contributed by atoms with Crippen LogP contribution in [0.5, 0.6) is 0 Å². The topological polar surface area (TPSA) is 57.3 Å². The summed E-state index contributed by atoms with van der Waals surface area (Å²) >= 11 is 0. The molecule has 0 aliphatic carbocycles. The van der Waals surface area contributed by atoms with E-state index in [-0.39, 0.29) is 6.03 Å². The summed E-state index contributed by atoms with van der Waals surface area (Å²) in [6.45, 7) is 8.35. The molecule has 0 unspecified atom stereocenters. The first-order chi connectivity index (χ1) is 11.7. The van der Waals surface area contributed by atoms with E-state index in [4.69, 9.17) is 0 Å². The highest BCUT2D eigenvalue weighted by atomic mass is 16.2. The number of hydrogen-bond donors (Lipinski definition) is 2. The number of amides is 2. The van der Waals surface area contributed by atoms with Crippen molar-refractivity contribution in [1.82, 2.24) is 20.5 Å². The Balaban J connectivity index is 1.74. The molecule has 0 bridgehead atoms. The maximum absolute atomic E-state index is 11.8. The molecule has 0 fully saturated rings. The van der Waals surface area contributed by atoms with Crippen LogP contribution in [0.4, 0.5) is 4.79 Å². The van der Waals surface area contributed by atoms with Crippen molar-refractivity contribution in [3.8, 4) is 0 Å². The minimum absolute atomic E-state index is 0.187. The van der Waals surface area contributed by atoms with Crippen molar-refractivity contribution >= 4 is 6.03 Å². The van der Waals surface area contributed by atoms with Crippen molar-refractivity contribution in [3.05, 3.63) is 65.5 Å². The largest absolute Gasteiger partial charge is 0.334 e. The van der Waals surface area contributed by atoms with Gasteiger partial charge in [0.05, 0.1) is 12.2 Å². The fourth-order valence-corrected chi connectivity index (χ4v) is 2.39. The third-order valence-electron chi connectivity index (χ3n) is 3.93. The smallest absolute Gasteiger partial charge is 0.315 e. The van der Waals surface area contributed by atoms with Gasteiger partial charge in [-0.05, 0) is 36.3 Å². The molecule has 0 saturated heterocycles. The average molecular weight is 326 g/mol. The van der Waals surface area contributed by atoms with Crippen molar-refractivity contribution < 1.29 is 4.79 Å². The molecule has 5 nitrogen and oxygen atoms in total. The van der Waals surface area contributed by atoms with Crippen molar-refractivity contribution in [2.75, 3.05) is 13.1 Å². The van der Waals surface area contributed by atoms with Gasteiger partial charge in [0.15, 0.2) is 0 Å². The number of nitrogens with one attached hydrogen (secondary N) is 2. The summed E-state index contributed by atoms with van der Waals surface area (Å²) in [6.07, 6.45) is 1.72. The molecule has 1 aromatic heterocycles. The molecule has 1 heterocycles. The highest BCUT2D eigenvalue weighted by molar-refractivity contribution is 5.73. The summed E-state index contributed by atoms with van der Waals surface area (Å²) in [5.41, 5.74) is 3.22. The van der Waals surface area contributed by atoms with Gasteiger partial charge in [0.2, 0.25) is 0 Å². The van der Waals surface area contributed by atoms with Crippen molar-refractivity contribution in [2.45, 2.75) is 33.5 Å². The molecule has 0 aliphatic heterocycles. The normalized spacial score (nSPS) is 10.6. The average Bonchev–Trinajstić information content (AvgIpc) is 2.64. The standard InChI is InChI=1S/C19H26N4O/c1-3-23(4-2)15-17-10-8-16(9-11-17)13-21-19(24)22-14-18-7-5-6-12-20-18/h5-12H,3-4,13-15H2,1-2H3,(H2,21,22,24). The molecular weight excluding hydrogens is 300 g/mol. The number of benzene rings is 1. The molecule has 2 rings (SSSR count). The van der Waals surface area contributed by atoms with Crippen molar-refractivity contribution in [1.29, 1.82) is 0 Å². The van der Waals surface area contributed by atoms with Gasteiger partial charge in [0.25, 0.3) is 0 Å². The SMILES string of the molecule is CCN(CC)Cc1ccc(CNC(=O)NCc2ccccn2)cc1. The number of nitrogens with zero attached hydrogens (tertiary/aromatic N) is 2. The van der Waals surface area contributed by atoms with E-state index < -0.39 is 0 Å². The summed E-state index contributed by atoms with van der Waals surface area (Å²) in [5, 5.41) is 5.67. The van der Waals surface area contributed by atoms with Crippen LogP contribution in [0.15, 0.2) is 48.7 Å². The summed E-state index contributed by atoms with van der Waals surface area (Å²) < 4.78 is 0. The van der Waals surface area contributed by atoms with E-state index in [0.29, 0.717) is 13.1 Å². The molecule has 5 heteroatoms. The van der Waals surface area contributed by atoms with E-state index in [9.17, 15) is 4.79 Å². The Labute approximate surface area is 144 Å². The molecule has 0 radical (unpaired) electrons. The van der Waals surface area contributed by atoms with Crippen LogP contribution in [0.2, 0.25) is 0 Å². The Morgan fingerprint density at radius 2 is 1.62 bits per heavy atom. The predicted octanol–water partition coefficient (Wildman–Crippen LogP) is 2.92. The Morgan fingerprint density at radius 3 is 2.25 bits per heavy atom. The number of pyridine rings is 1. The van der Waals surface area contributed by atoms with Gasteiger partial charge in [-0.2, -0.15) is 0 Å². The second-order valence-electron chi connectivity index (χ2n) is 5.64. The van der Waals surface area contributed by atoms with Gasteiger partial charge in [0.1, 0.15) is 0 Å². The lowest BCUT2D eigenvalue weighted by Crippen LogP contribution is -2.34. The van der Waals surface area contributed by atoms with Crippen molar-refractivity contribution in [2.24, 2.45) is 0 Å². The second kappa shape index (κ2) is 9.67. The summed E-state index contributed by atoms with van der Waals surface area (Å²) in [5.74, 6) is 0. The molecule has 0 spiro atoms. The Morgan fingerprint density at radius 1 is 0.958 bits per heavy atom. The van der Waals surface area contributed by atoms with E-state index >= 15 is 0 Å². The molecule has 0 aliphatic rings. The first-order valence-electron chi connectivity index (χ1n) is 8.43. The van der Waals surface area contributed by atoms with E-state index in [2.05, 4.69) is 58.6 Å². The number of aromatic nitrogens is 1. The highest BCUT2D eigenvalue weighted by Crippen LogP contribution is 2.07. The van der Waals surface area contributed by atoms with Gasteiger partial charge >= 0.3 is 6.03 Å². The van der Waals surface area contributed by atoms with Crippen LogP contribution in [0, 0.1) is 0 Å². The lowest BCUT2D eigenvalue weighted by molar-refractivity contribution is 0.240. The summed E-state index contributed by atoms with van der Waals surface area (Å²) in [6, 6.07) is 13.8. The predicted molar refractivity (Wildman–Crippen MR) is 96.4 cm³/mol. The minimum Gasteiger partial charge on any atom is -0.334 e. The van der Waals surface area contributed by atoms with Crippen LogP contribution in [0.25, 0.3) is 0 Å². The fourth-order valence-electron chi connectivity index (χ4n) is 2.39. The van der Waals surface area contributed by atoms with Gasteiger partial charge in [-0.25, -0.2) is 4.79 Å². The molecule has 0 atom stereocenters. The molecule has 24 heavy (non-hydrogen) atoms. The van der Waals surface area contributed by atoms with Crippen LogP contribution < -0.4 is 10.6 Å². The molecule has 1 aromatic carbocycles. The second-order valence-corrected chi connectivity index (χ2v) is 5.64. The zero-order valence-corrected chi connectivity index (χ0v) is 14.5. The number of hydrogen-bond acceptors (Lipinski definition) is 3. The molecule has 128 valence electrons. The summed E-state index contributed by atoms with van der Waals surface area (Å²) in [4.78, 5) is 18.4. The van der Waals surface area contributed by atoms with E-state index in [1.807, 2.05) is 18.2 Å². The van der Waals surface area contributed by atoms with E-state index in [0.717, 1.165) is 30.9 Å². The van der Waals surface area contributed by atoms with Crippen LogP contribution in [-0.2, 0) is 19.6 Å². The van der Waals surface area contributed by atoms with Crippen LogP contribution >= 0.6 is 0 Å². The lowest BCUT2D eigenvalue weighted by atomic mass is 10.1. The monoisotopic (exact) mass is 326 g/mol. The van der Waals surface area contributed by atoms with Gasteiger partial charge in [-0.1, -0.05) is 44.2 Å². The van der Waals surface area contributed by atoms with Crippen molar-refractivity contribution in [3.63, 3.8) is 0 Å². The highest BCUT2D eigenvalue weighted by Gasteiger charge is 2.03. The van der Waals surface area contributed by atoms with E-state index in [1.54, 1.807) is 6.20 Å². The van der Waals surface area contributed by atoms with Gasteiger partial charge < -0.3 is 10.6 Å². The van der Waals surface area contributed by atoms with Gasteiger partial charge in [-0.15, -0.1) is 0 Å². The Hall–Kier alpha value is -2.40. The minimum atomic E-state index is -0.187. The fraction of sp³-hybridized carbons (Fsp3) is 0.368. The number of rotatable bonds is 8.